The van der Waals surface area contributed by atoms with Gasteiger partial charge in [-0.2, -0.15) is 0 Å². The molecule has 5 atom stereocenters. The van der Waals surface area contributed by atoms with Crippen LogP contribution in [-0.4, -0.2) is 37.7 Å². The van der Waals surface area contributed by atoms with Gasteiger partial charge >= 0.3 is 5.97 Å². The maximum absolute atomic E-state index is 11.7. The van der Waals surface area contributed by atoms with Gasteiger partial charge in [0.2, 0.25) is 0 Å². The summed E-state index contributed by atoms with van der Waals surface area (Å²) in [5, 5.41) is 10.9. The van der Waals surface area contributed by atoms with Gasteiger partial charge in [-0.05, 0) is 24.6 Å². The van der Waals surface area contributed by atoms with Gasteiger partial charge in [-0.1, -0.05) is 46.5 Å². The van der Waals surface area contributed by atoms with Crippen LogP contribution in [0.5, 0.6) is 0 Å². The Bertz CT molecular complexity index is 555. The quantitative estimate of drug-likeness (QED) is 0.323. The Kier molecular flexibility index (Phi) is 6.98. The number of esters is 1. The van der Waals surface area contributed by atoms with Gasteiger partial charge in [0, 0.05) is 24.7 Å². The van der Waals surface area contributed by atoms with Gasteiger partial charge in [0.25, 0.3) is 0 Å². The van der Waals surface area contributed by atoms with Gasteiger partial charge in [0.1, 0.15) is 12.2 Å². The Morgan fingerprint density at radius 2 is 2.04 bits per heavy atom. The van der Waals surface area contributed by atoms with Crippen LogP contribution in [0, 0.1) is 23.7 Å². The van der Waals surface area contributed by atoms with Gasteiger partial charge in [-0.15, -0.1) is 5.92 Å². The first kappa shape index (κ1) is 21.5. The lowest BCUT2D eigenvalue weighted by Crippen LogP contribution is -2.47. The molecule has 1 saturated heterocycles. The molecule has 0 radical (unpaired) electrons. The van der Waals surface area contributed by atoms with Crippen molar-refractivity contribution in [2.24, 2.45) is 11.8 Å². The molecule has 148 valence electrons. The van der Waals surface area contributed by atoms with Crippen LogP contribution in [0.25, 0.3) is 0 Å². The van der Waals surface area contributed by atoms with Crippen molar-refractivity contribution in [2.45, 2.75) is 103 Å². The molecule has 0 amide bonds. The Morgan fingerprint density at radius 1 is 1.35 bits per heavy atom. The van der Waals surface area contributed by atoms with E-state index in [1.807, 2.05) is 0 Å². The van der Waals surface area contributed by atoms with Crippen LogP contribution >= 0.6 is 0 Å². The molecule has 1 unspecified atom stereocenters. The lowest BCUT2D eigenvalue weighted by Gasteiger charge is -2.40. The second-order valence-corrected chi connectivity index (χ2v) is 14.1. The molecule has 0 aromatic heterocycles. The normalized spacial score (nSPS) is 29.7. The summed E-state index contributed by atoms with van der Waals surface area (Å²) in [6, 6.07) is 0. The minimum Gasteiger partial charge on any atom is -0.462 e. The average molecular weight is 381 g/mol. The van der Waals surface area contributed by atoms with Crippen LogP contribution in [0.15, 0.2) is 0 Å². The van der Waals surface area contributed by atoms with Crippen LogP contribution < -0.4 is 0 Å². The fourth-order valence-corrected chi connectivity index (χ4v) is 5.12. The molecule has 1 saturated carbocycles. The third kappa shape index (κ3) is 4.91. The summed E-state index contributed by atoms with van der Waals surface area (Å²) in [4.78, 5) is 11.7. The minimum atomic E-state index is -1.97. The van der Waals surface area contributed by atoms with Crippen molar-refractivity contribution >= 4 is 14.3 Å². The van der Waals surface area contributed by atoms with Crippen molar-refractivity contribution in [3.05, 3.63) is 0 Å². The number of hydrogen-bond donors (Lipinski definition) is 1. The lowest BCUT2D eigenvalue weighted by atomic mass is 9.87. The molecule has 2 rings (SSSR count). The third-order valence-corrected chi connectivity index (χ3v) is 10.8. The van der Waals surface area contributed by atoms with E-state index in [1.54, 1.807) is 0 Å². The van der Waals surface area contributed by atoms with Crippen molar-refractivity contribution in [3.8, 4) is 11.8 Å². The van der Waals surface area contributed by atoms with E-state index in [0.29, 0.717) is 12.8 Å². The zero-order valence-electron chi connectivity index (χ0n) is 17.3. The minimum absolute atomic E-state index is 0.0252. The number of fused-ring (bicyclic) bond motifs is 1. The van der Waals surface area contributed by atoms with E-state index in [9.17, 15) is 9.90 Å². The lowest BCUT2D eigenvalue weighted by molar-refractivity contribution is -0.141. The summed E-state index contributed by atoms with van der Waals surface area (Å²) in [5.74, 6) is 5.90. The second kappa shape index (κ2) is 8.46. The predicted molar refractivity (Wildman–Crippen MR) is 106 cm³/mol. The summed E-state index contributed by atoms with van der Waals surface area (Å²) >= 11 is 0. The second-order valence-electron chi connectivity index (χ2n) is 9.35. The molecule has 1 N–H and O–H groups in total. The molecule has 4 nitrogen and oxygen atoms in total. The molecule has 0 aromatic rings. The summed E-state index contributed by atoms with van der Waals surface area (Å²) < 4.78 is 12.1. The molecular formula is C21H36O4Si. The van der Waals surface area contributed by atoms with E-state index in [2.05, 4.69) is 52.6 Å². The van der Waals surface area contributed by atoms with Crippen LogP contribution in [-0.2, 0) is 14.0 Å². The molecule has 0 spiro atoms. The van der Waals surface area contributed by atoms with E-state index in [1.165, 1.54) is 12.8 Å². The van der Waals surface area contributed by atoms with E-state index in [0.717, 1.165) is 12.8 Å². The molecule has 1 heterocycles. The highest BCUT2D eigenvalue weighted by Crippen LogP contribution is 2.47. The van der Waals surface area contributed by atoms with Crippen molar-refractivity contribution in [3.63, 3.8) is 0 Å². The van der Waals surface area contributed by atoms with Crippen LogP contribution in [0.3, 0.4) is 0 Å². The van der Waals surface area contributed by atoms with Gasteiger partial charge in [0.15, 0.2) is 8.32 Å². The molecule has 0 aromatic carbocycles. The van der Waals surface area contributed by atoms with Gasteiger partial charge in [-0.3, -0.25) is 4.79 Å². The number of ether oxygens (including phenoxy) is 1. The smallest absolute Gasteiger partial charge is 0.306 e. The van der Waals surface area contributed by atoms with Crippen molar-refractivity contribution in [1.82, 2.24) is 0 Å². The molecule has 2 aliphatic rings. The van der Waals surface area contributed by atoms with Crippen LogP contribution in [0.2, 0.25) is 18.1 Å². The molecule has 1 aliphatic heterocycles. The van der Waals surface area contributed by atoms with Gasteiger partial charge in [-0.25, -0.2) is 0 Å². The number of aliphatic hydroxyl groups excluding tert-OH is 1. The summed E-state index contributed by atoms with van der Waals surface area (Å²) in [5.41, 5.74) is 0. The highest BCUT2D eigenvalue weighted by molar-refractivity contribution is 6.74. The summed E-state index contributed by atoms with van der Waals surface area (Å²) in [6.07, 6.45) is 4.31. The first-order valence-corrected chi connectivity index (χ1v) is 13.0. The highest BCUT2D eigenvalue weighted by atomic mass is 28.4. The third-order valence-electron chi connectivity index (χ3n) is 6.32. The maximum Gasteiger partial charge on any atom is 0.306 e. The number of carbonyl (C=O) groups excluding carboxylic acids is 1. The average Bonchev–Trinajstić information content (AvgIpc) is 3.00. The standard InChI is InChI=1S/C21H36O4Si/c1-7-8-9-10-11-12-16(22)20-15-13-19(23)24-17(15)14-18(20)25-26(5,6)21(2,3)4/h15-18,20,22H,7-10,13-14H2,1-6H3/t15-,16?,17-,18+,20-/m0/s1. The van der Waals surface area contributed by atoms with E-state index < -0.39 is 14.4 Å². The Balaban J connectivity index is 2.12. The number of rotatable bonds is 6. The topological polar surface area (TPSA) is 55.8 Å². The van der Waals surface area contributed by atoms with E-state index in [-0.39, 0.29) is 35.1 Å². The van der Waals surface area contributed by atoms with E-state index >= 15 is 0 Å². The molecule has 0 bridgehead atoms. The predicted octanol–water partition coefficient (Wildman–Crippen LogP) is 4.27. The number of unbranched alkanes of at least 4 members (excludes halogenated alkanes) is 3. The van der Waals surface area contributed by atoms with Crippen molar-refractivity contribution < 1.29 is 19.1 Å². The van der Waals surface area contributed by atoms with Crippen LogP contribution in [0.4, 0.5) is 0 Å². The SMILES string of the molecule is CCCCCC#CC(O)[C@@H]1[C@H]2CC(=O)O[C@H]2C[C@H]1O[Si](C)(C)C(C)(C)C. The number of hydrogen-bond acceptors (Lipinski definition) is 4. The maximum atomic E-state index is 11.7. The summed E-state index contributed by atoms with van der Waals surface area (Å²) in [6.45, 7) is 13.3. The zero-order valence-corrected chi connectivity index (χ0v) is 18.3. The largest absolute Gasteiger partial charge is 0.462 e. The molecule has 2 fully saturated rings. The van der Waals surface area contributed by atoms with Crippen molar-refractivity contribution in [2.75, 3.05) is 0 Å². The monoisotopic (exact) mass is 380 g/mol. The highest BCUT2D eigenvalue weighted by Gasteiger charge is 2.55. The van der Waals surface area contributed by atoms with Crippen LogP contribution in [0.1, 0.15) is 66.2 Å². The Labute approximate surface area is 160 Å². The first-order chi connectivity index (χ1) is 12.1. The van der Waals surface area contributed by atoms with Gasteiger partial charge in [0.05, 0.1) is 12.5 Å². The molecule has 5 heteroatoms. The summed E-state index contributed by atoms with van der Waals surface area (Å²) in [7, 11) is -1.97. The number of aliphatic hydroxyl groups is 1. The molecule has 1 aliphatic carbocycles. The first-order valence-electron chi connectivity index (χ1n) is 10.1. The fourth-order valence-electron chi connectivity index (χ4n) is 3.75. The zero-order chi connectivity index (χ0) is 19.5. The fraction of sp³-hybridized carbons (Fsp3) is 0.857. The molecular weight excluding hydrogens is 344 g/mol. The number of carbonyl (C=O) groups is 1. The Hall–Kier alpha value is -0.833. The van der Waals surface area contributed by atoms with Gasteiger partial charge < -0.3 is 14.3 Å². The molecule has 26 heavy (non-hydrogen) atoms. The van der Waals surface area contributed by atoms with Crippen molar-refractivity contribution in [1.29, 1.82) is 0 Å². The Morgan fingerprint density at radius 3 is 2.65 bits per heavy atom. The van der Waals surface area contributed by atoms with E-state index in [4.69, 9.17) is 9.16 Å².